The number of azide groups is 2. The molecule has 12 heteroatoms. The number of hydrogen-bond donors (Lipinski definition) is 0. The van der Waals surface area contributed by atoms with E-state index in [4.69, 9.17) is 25.3 Å². The first-order valence-electron chi connectivity index (χ1n) is 8.63. The van der Waals surface area contributed by atoms with Crippen LogP contribution in [0.3, 0.4) is 0 Å². The molecule has 1 saturated carbocycles. The van der Waals surface area contributed by atoms with Crippen molar-refractivity contribution in [1.29, 1.82) is 0 Å². The summed E-state index contributed by atoms with van der Waals surface area (Å²) in [5, 5.41) is 18.5. The van der Waals surface area contributed by atoms with Crippen molar-refractivity contribution in [2.45, 2.75) is 63.1 Å². The largest absolute Gasteiger partial charge is 0.370 e. The molecule has 2 aliphatic rings. The number of hydrogen-bond acceptors (Lipinski definition) is 7. The first-order valence-corrected chi connectivity index (χ1v) is 8.63. The Labute approximate surface area is 159 Å². The molecular weight excluding hydrogens is 370 g/mol. The van der Waals surface area contributed by atoms with Crippen LogP contribution in [-0.2, 0) is 20.8 Å². The highest BCUT2D eigenvalue weighted by Gasteiger charge is 2.54. The Balaban J connectivity index is 1.84. The summed E-state index contributed by atoms with van der Waals surface area (Å²) in [6, 6.07) is 4.88. The third-order valence-corrected chi connectivity index (χ3v) is 4.69. The van der Waals surface area contributed by atoms with E-state index < -0.39 is 41.1 Å². The standard InChI is InChI=1S/C16H19N7O5/c1-16(2)27-14-12(20-22-18)7-11(19-21-17)13(15(14)28-16)26-8-9-4-3-5-10(6-9)23(24)25/h3-6,11-15H,7-8H2,1-2H3/t11-,12+,13+,14-,15-/m1/s1. The predicted octanol–water partition coefficient (Wildman–Crippen LogP) is 3.76. The second-order valence-corrected chi connectivity index (χ2v) is 7.05. The highest BCUT2D eigenvalue weighted by Crippen LogP contribution is 2.41. The summed E-state index contributed by atoms with van der Waals surface area (Å²) >= 11 is 0. The van der Waals surface area contributed by atoms with Crippen LogP contribution in [0.2, 0.25) is 0 Å². The average molecular weight is 389 g/mol. The predicted molar refractivity (Wildman–Crippen MR) is 96.0 cm³/mol. The number of nitrogens with zero attached hydrogens (tertiary/aromatic N) is 7. The van der Waals surface area contributed by atoms with Gasteiger partial charge in [0, 0.05) is 22.0 Å². The molecule has 1 aliphatic heterocycles. The zero-order chi connectivity index (χ0) is 20.3. The minimum absolute atomic E-state index is 0.0424. The Bertz CT molecular complexity index is 850. The zero-order valence-corrected chi connectivity index (χ0v) is 15.3. The minimum Gasteiger partial charge on any atom is -0.370 e. The summed E-state index contributed by atoms with van der Waals surface area (Å²) < 4.78 is 17.8. The molecule has 0 spiro atoms. The number of rotatable bonds is 6. The van der Waals surface area contributed by atoms with Crippen LogP contribution >= 0.6 is 0 Å². The van der Waals surface area contributed by atoms with Gasteiger partial charge in [0.15, 0.2) is 5.79 Å². The van der Waals surface area contributed by atoms with Crippen LogP contribution in [0, 0.1) is 10.1 Å². The summed E-state index contributed by atoms with van der Waals surface area (Å²) in [4.78, 5) is 16.2. The number of benzene rings is 1. The summed E-state index contributed by atoms with van der Waals surface area (Å²) in [5.41, 5.74) is 18.3. The molecule has 28 heavy (non-hydrogen) atoms. The SMILES string of the molecule is CC1(C)O[C@@H]2[C@@H](OCc3cccc([N+](=O)[O-])c3)[C@H](N=[N+]=[N-])C[C@H](N=[N+]=[N-])[C@H]2O1. The quantitative estimate of drug-likeness (QED) is 0.237. The van der Waals surface area contributed by atoms with E-state index in [1.807, 2.05) is 0 Å². The van der Waals surface area contributed by atoms with Crippen molar-refractivity contribution < 1.29 is 19.1 Å². The third-order valence-electron chi connectivity index (χ3n) is 4.69. The van der Waals surface area contributed by atoms with Crippen LogP contribution in [-0.4, -0.2) is 41.1 Å². The maximum absolute atomic E-state index is 10.9. The lowest BCUT2D eigenvalue weighted by atomic mass is 9.84. The van der Waals surface area contributed by atoms with Crippen molar-refractivity contribution in [3.8, 4) is 0 Å². The molecule has 0 unspecified atom stereocenters. The molecule has 0 amide bonds. The molecule has 1 aliphatic carbocycles. The molecule has 0 bridgehead atoms. The molecule has 3 rings (SSSR count). The average Bonchev–Trinajstić information content (AvgIpc) is 2.97. The Morgan fingerprint density at radius 2 is 1.93 bits per heavy atom. The summed E-state index contributed by atoms with van der Waals surface area (Å²) in [5.74, 6) is -0.920. The van der Waals surface area contributed by atoms with Crippen LogP contribution in [0.25, 0.3) is 20.9 Å². The fourth-order valence-electron chi connectivity index (χ4n) is 3.62. The lowest BCUT2D eigenvalue weighted by molar-refractivity contribution is -0.385. The number of non-ortho nitro benzene ring substituents is 1. The van der Waals surface area contributed by atoms with Crippen LogP contribution in [0.4, 0.5) is 5.69 Å². The topological polar surface area (TPSA) is 168 Å². The highest BCUT2D eigenvalue weighted by atomic mass is 16.8. The van der Waals surface area contributed by atoms with Gasteiger partial charge in [-0.1, -0.05) is 22.4 Å². The molecule has 0 aromatic heterocycles. The van der Waals surface area contributed by atoms with Gasteiger partial charge in [0.05, 0.1) is 35.8 Å². The Morgan fingerprint density at radius 1 is 1.25 bits per heavy atom. The lowest BCUT2D eigenvalue weighted by Gasteiger charge is -2.38. The van der Waals surface area contributed by atoms with Gasteiger partial charge in [0.2, 0.25) is 0 Å². The third kappa shape index (κ3) is 4.16. The van der Waals surface area contributed by atoms with Crippen LogP contribution in [0.5, 0.6) is 0 Å². The molecule has 0 radical (unpaired) electrons. The molecule has 0 N–H and O–H groups in total. The van der Waals surface area contributed by atoms with Gasteiger partial charge >= 0.3 is 0 Å². The smallest absolute Gasteiger partial charge is 0.269 e. The van der Waals surface area contributed by atoms with Gasteiger partial charge in [0.25, 0.3) is 5.69 Å². The number of fused-ring (bicyclic) bond motifs is 1. The molecule has 2 fully saturated rings. The molecule has 5 atom stereocenters. The van der Waals surface area contributed by atoms with E-state index in [2.05, 4.69) is 20.1 Å². The second kappa shape index (κ2) is 8.01. The van der Waals surface area contributed by atoms with Gasteiger partial charge in [-0.3, -0.25) is 10.1 Å². The number of ether oxygens (including phenoxy) is 3. The number of nitro groups is 1. The highest BCUT2D eigenvalue weighted by molar-refractivity contribution is 5.33. The van der Waals surface area contributed by atoms with Gasteiger partial charge in [-0.15, -0.1) is 0 Å². The monoisotopic (exact) mass is 389 g/mol. The number of nitro benzene ring substituents is 1. The van der Waals surface area contributed by atoms with Gasteiger partial charge < -0.3 is 14.2 Å². The van der Waals surface area contributed by atoms with Crippen molar-refractivity contribution in [2.24, 2.45) is 10.2 Å². The molecule has 1 saturated heterocycles. The first-order chi connectivity index (χ1) is 13.3. The maximum Gasteiger partial charge on any atom is 0.269 e. The van der Waals surface area contributed by atoms with E-state index in [9.17, 15) is 10.1 Å². The van der Waals surface area contributed by atoms with Crippen molar-refractivity contribution in [3.63, 3.8) is 0 Å². The van der Waals surface area contributed by atoms with Crippen molar-refractivity contribution >= 4 is 5.69 Å². The van der Waals surface area contributed by atoms with Gasteiger partial charge in [-0.2, -0.15) is 0 Å². The molecular formula is C16H19N7O5. The van der Waals surface area contributed by atoms with E-state index in [0.29, 0.717) is 5.56 Å². The molecule has 1 heterocycles. The molecule has 1 aromatic carbocycles. The Morgan fingerprint density at radius 3 is 2.61 bits per heavy atom. The zero-order valence-electron chi connectivity index (χ0n) is 15.3. The van der Waals surface area contributed by atoms with E-state index in [1.54, 1.807) is 26.0 Å². The maximum atomic E-state index is 10.9. The fraction of sp³-hybridized carbons (Fsp3) is 0.625. The summed E-state index contributed by atoms with van der Waals surface area (Å²) in [6.07, 6.45) is -1.58. The molecule has 12 nitrogen and oxygen atoms in total. The van der Waals surface area contributed by atoms with Crippen molar-refractivity contribution in [1.82, 2.24) is 0 Å². The van der Waals surface area contributed by atoms with E-state index in [-0.39, 0.29) is 18.7 Å². The Kier molecular flexibility index (Phi) is 5.68. The van der Waals surface area contributed by atoms with Crippen molar-refractivity contribution in [2.75, 3.05) is 0 Å². The van der Waals surface area contributed by atoms with E-state index in [0.717, 1.165) is 0 Å². The lowest BCUT2D eigenvalue weighted by Crippen LogP contribution is -2.54. The van der Waals surface area contributed by atoms with Crippen molar-refractivity contribution in [3.05, 3.63) is 60.8 Å². The van der Waals surface area contributed by atoms with E-state index >= 15 is 0 Å². The van der Waals surface area contributed by atoms with Gasteiger partial charge in [0.1, 0.15) is 6.10 Å². The molecule has 1 aromatic rings. The van der Waals surface area contributed by atoms with Crippen LogP contribution in [0.15, 0.2) is 34.5 Å². The van der Waals surface area contributed by atoms with E-state index in [1.165, 1.54) is 12.1 Å². The van der Waals surface area contributed by atoms with Crippen LogP contribution in [0.1, 0.15) is 25.8 Å². The van der Waals surface area contributed by atoms with Gasteiger partial charge in [-0.05, 0) is 36.9 Å². The second-order valence-electron chi connectivity index (χ2n) is 7.05. The summed E-state index contributed by atoms with van der Waals surface area (Å²) in [6.45, 7) is 3.53. The first kappa shape index (κ1) is 19.9. The fourth-order valence-corrected chi connectivity index (χ4v) is 3.62. The summed E-state index contributed by atoms with van der Waals surface area (Å²) in [7, 11) is 0. The normalized spacial score (nSPS) is 30.6. The molecule has 148 valence electrons. The Hall–Kier alpha value is -2.88. The van der Waals surface area contributed by atoms with Crippen LogP contribution < -0.4 is 0 Å². The minimum atomic E-state index is -0.920. The van der Waals surface area contributed by atoms with Gasteiger partial charge in [-0.25, -0.2) is 0 Å².